The van der Waals surface area contributed by atoms with Crippen molar-refractivity contribution in [2.24, 2.45) is 0 Å². The Morgan fingerprint density at radius 1 is 1.17 bits per heavy atom. The number of benzene rings is 2. The van der Waals surface area contributed by atoms with Gasteiger partial charge in [0.25, 0.3) is 0 Å². The van der Waals surface area contributed by atoms with Gasteiger partial charge in [0.05, 0.1) is 18.7 Å². The number of esters is 1. The van der Waals surface area contributed by atoms with Crippen LogP contribution in [0.2, 0.25) is 0 Å². The molecule has 5 heteroatoms. The van der Waals surface area contributed by atoms with Crippen LogP contribution in [0.5, 0.6) is 0 Å². The third kappa shape index (κ3) is 4.02. The van der Waals surface area contributed by atoms with Crippen LogP contribution in [0.15, 0.2) is 48.5 Å². The number of ketones is 1. The van der Waals surface area contributed by atoms with Gasteiger partial charge in [-0.05, 0) is 23.8 Å². The van der Waals surface area contributed by atoms with Gasteiger partial charge in [-0.1, -0.05) is 30.3 Å². The highest BCUT2D eigenvalue weighted by Gasteiger charge is 2.17. The summed E-state index contributed by atoms with van der Waals surface area (Å²) in [6, 6.07) is 15.1. The van der Waals surface area contributed by atoms with Gasteiger partial charge in [0, 0.05) is 17.5 Å². The molecule has 1 unspecified atom stereocenters. The molecule has 0 heterocycles. The van der Waals surface area contributed by atoms with Crippen LogP contribution in [-0.2, 0) is 16.0 Å². The second kappa shape index (κ2) is 7.34. The number of ether oxygens (including phenoxy) is 1. The smallest absolute Gasteiger partial charge is 0.335 e. The lowest BCUT2D eigenvalue weighted by atomic mass is 9.98. The van der Waals surface area contributed by atoms with Crippen LogP contribution in [0.25, 0.3) is 0 Å². The first-order valence-electron chi connectivity index (χ1n) is 6.95. The van der Waals surface area contributed by atoms with Gasteiger partial charge >= 0.3 is 5.97 Å². The largest absolute Gasteiger partial charge is 0.467 e. The molecule has 23 heavy (non-hydrogen) atoms. The van der Waals surface area contributed by atoms with E-state index in [1.165, 1.54) is 13.2 Å². The molecule has 2 rings (SSSR count). The summed E-state index contributed by atoms with van der Waals surface area (Å²) in [5, 5.41) is 18.6. The molecule has 0 spiro atoms. The Bertz CT molecular complexity index is 777. The molecule has 1 N–H and O–H groups in total. The molecule has 0 aliphatic heterocycles. The minimum atomic E-state index is -1.27. The van der Waals surface area contributed by atoms with Crippen LogP contribution in [-0.4, -0.2) is 30.1 Å². The number of hydrogen-bond donors (Lipinski definition) is 1. The normalized spacial score (nSPS) is 11.3. The summed E-state index contributed by atoms with van der Waals surface area (Å²) in [7, 11) is 1.20. The predicted octanol–water partition coefficient (Wildman–Crippen LogP) is 1.87. The van der Waals surface area contributed by atoms with Crippen LogP contribution in [0.3, 0.4) is 0 Å². The maximum absolute atomic E-state index is 12.5. The van der Waals surface area contributed by atoms with Crippen LogP contribution < -0.4 is 0 Å². The Balaban J connectivity index is 2.23. The highest BCUT2D eigenvalue weighted by atomic mass is 16.5. The fourth-order valence-corrected chi connectivity index (χ4v) is 2.18. The maximum Gasteiger partial charge on any atom is 0.335 e. The summed E-state index contributed by atoms with van der Waals surface area (Å²) >= 11 is 0. The second-order valence-electron chi connectivity index (χ2n) is 4.97. The highest BCUT2D eigenvalue weighted by molar-refractivity contribution is 6.09. The number of aliphatic hydroxyl groups excluding tert-OH is 1. The zero-order valence-corrected chi connectivity index (χ0v) is 12.5. The number of rotatable bonds is 5. The SMILES string of the molecule is COC(=O)C(O)Cc1cccc(C(=O)c2cccc(C#N)c2)c1. The molecule has 0 bridgehead atoms. The van der Waals surface area contributed by atoms with E-state index in [1.807, 2.05) is 6.07 Å². The highest BCUT2D eigenvalue weighted by Crippen LogP contribution is 2.14. The minimum absolute atomic E-state index is 0.0615. The molecule has 0 saturated heterocycles. The van der Waals surface area contributed by atoms with Crippen molar-refractivity contribution >= 4 is 11.8 Å². The van der Waals surface area contributed by atoms with Crippen molar-refractivity contribution in [3.63, 3.8) is 0 Å². The van der Waals surface area contributed by atoms with Crippen molar-refractivity contribution in [1.82, 2.24) is 0 Å². The molecule has 0 aliphatic rings. The molecule has 0 radical (unpaired) electrons. The number of hydrogen-bond acceptors (Lipinski definition) is 5. The second-order valence-corrected chi connectivity index (χ2v) is 4.97. The molecule has 0 amide bonds. The fourth-order valence-electron chi connectivity index (χ4n) is 2.18. The van der Waals surface area contributed by atoms with Crippen molar-refractivity contribution in [2.45, 2.75) is 12.5 Å². The molecule has 0 aromatic heterocycles. The molecule has 0 saturated carbocycles. The summed E-state index contributed by atoms with van der Waals surface area (Å²) in [5.74, 6) is -0.944. The van der Waals surface area contributed by atoms with Gasteiger partial charge in [0.15, 0.2) is 11.9 Å². The molecule has 116 valence electrons. The average Bonchev–Trinajstić information content (AvgIpc) is 2.60. The third-order valence-electron chi connectivity index (χ3n) is 3.35. The molecule has 0 aliphatic carbocycles. The van der Waals surface area contributed by atoms with Gasteiger partial charge in [-0.3, -0.25) is 4.79 Å². The van der Waals surface area contributed by atoms with E-state index in [9.17, 15) is 14.7 Å². The fraction of sp³-hybridized carbons (Fsp3) is 0.167. The van der Waals surface area contributed by atoms with Crippen LogP contribution in [0.1, 0.15) is 27.0 Å². The molecular formula is C18H15NO4. The summed E-state index contributed by atoms with van der Waals surface area (Å²) in [6.07, 6.45) is -1.21. The predicted molar refractivity (Wildman–Crippen MR) is 82.8 cm³/mol. The number of methoxy groups -OCH3 is 1. The molecule has 1 atom stereocenters. The average molecular weight is 309 g/mol. The number of aliphatic hydroxyl groups is 1. The first kappa shape index (κ1) is 16.4. The van der Waals surface area contributed by atoms with E-state index < -0.39 is 12.1 Å². The molecule has 2 aromatic carbocycles. The van der Waals surface area contributed by atoms with E-state index in [2.05, 4.69) is 4.74 Å². The number of carbonyl (C=O) groups excluding carboxylic acids is 2. The summed E-state index contributed by atoms with van der Waals surface area (Å²) in [5.41, 5.74) is 1.89. The zero-order valence-electron chi connectivity index (χ0n) is 12.5. The van der Waals surface area contributed by atoms with Crippen LogP contribution >= 0.6 is 0 Å². The first-order valence-corrected chi connectivity index (χ1v) is 6.95. The quantitative estimate of drug-likeness (QED) is 0.673. The van der Waals surface area contributed by atoms with Gasteiger partial charge in [-0.15, -0.1) is 0 Å². The Kier molecular flexibility index (Phi) is 5.23. The van der Waals surface area contributed by atoms with E-state index in [1.54, 1.807) is 42.5 Å². The lowest BCUT2D eigenvalue weighted by molar-refractivity contribution is -0.150. The van der Waals surface area contributed by atoms with E-state index in [0.29, 0.717) is 22.3 Å². The zero-order chi connectivity index (χ0) is 16.8. The Hall–Kier alpha value is -2.97. The number of nitrogens with zero attached hydrogens (tertiary/aromatic N) is 1. The summed E-state index contributed by atoms with van der Waals surface area (Å²) in [4.78, 5) is 23.7. The van der Waals surface area contributed by atoms with Crippen molar-refractivity contribution in [3.05, 3.63) is 70.8 Å². The Morgan fingerprint density at radius 2 is 1.83 bits per heavy atom. The van der Waals surface area contributed by atoms with E-state index in [0.717, 1.165) is 0 Å². The Labute approximate surface area is 133 Å². The van der Waals surface area contributed by atoms with Crippen LogP contribution in [0.4, 0.5) is 0 Å². The van der Waals surface area contributed by atoms with E-state index in [4.69, 9.17) is 5.26 Å². The molecule has 2 aromatic rings. The van der Waals surface area contributed by atoms with Gasteiger partial charge in [-0.25, -0.2) is 4.79 Å². The molecular weight excluding hydrogens is 294 g/mol. The Morgan fingerprint density at radius 3 is 2.48 bits per heavy atom. The maximum atomic E-state index is 12.5. The standard InChI is InChI=1S/C18H15NO4/c1-23-18(22)16(20)10-12-4-2-6-14(8-12)17(21)15-7-3-5-13(9-15)11-19/h2-9,16,20H,10H2,1H3. The lowest BCUT2D eigenvalue weighted by Gasteiger charge is -2.09. The molecule has 0 fully saturated rings. The van der Waals surface area contributed by atoms with Crippen molar-refractivity contribution in [1.29, 1.82) is 5.26 Å². The summed E-state index contributed by atoms with van der Waals surface area (Å²) in [6.45, 7) is 0. The van der Waals surface area contributed by atoms with E-state index in [-0.39, 0.29) is 12.2 Å². The van der Waals surface area contributed by atoms with Gasteiger partial charge < -0.3 is 9.84 Å². The number of carbonyl (C=O) groups is 2. The number of nitriles is 1. The van der Waals surface area contributed by atoms with Gasteiger partial charge in [0.2, 0.25) is 0 Å². The topological polar surface area (TPSA) is 87.4 Å². The first-order chi connectivity index (χ1) is 11.0. The van der Waals surface area contributed by atoms with Crippen LogP contribution in [0, 0.1) is 11.3 Å². The minimum Gasteiger partial charge on any atom is -0.467 e. The monoisotopic (exact) mass is 309 g/mol. The van der Waals surface area contributed by atoms with E-state index >= 15 is 0 Å². The van der Waals surface area contributed by atoms with Crippen molar-refractivity contribution < 1.29 is 19.4 Å². The van der Waals surface area contributed by atoms with Crippen molar-refractivity contribution in [3.8, 4) is 6.07 Å². The lowest BCUT2D eigenvalue weighted by Crippen LogP contribution is -2.24. The van der Waals surface area contributed by atoms with Gasteiger partial charge in [0.1, 0.15) is 0 Å². The van der Waals surface area contributed by atoms with Crippen molar-refractivity contribution in [2.75, 3.05) is 7.11 Å². The third-order valence-corrected chi connectivity index (χ3v) is 3.35. The molecule has 5 nitrogen and oxygen atoms in total. The van der Waals surface area contributed by atoms with Gasteiger partial charge in [-0.2, -0.15) is 5.26 Å². The summed E-state index contributed by atoms with van der Waals surface area (Å²) < 4.78 is 4.47.